The van der Waals surface area contributed by atoms with Gasteiger partial charge in [0.15, 0.2) is 0 Å². The van der Waals surface area contributed by atoms with Crippen molar-refractivity contribution in [3.63, 3.8) is 0 Å². The summed E-state index contributed by atoms with van der Waals surface area (Å²) in [7, 11) is 1.33. The average molecular weight is 197 g/mol. The lowest BCUT2D eigenvalue weighted by Gasteiger charge is -2.06. The van der Waals surface area contributed by atoms with Crippen molar-refractivity contribution in [2.24, 2.45) is 0 Å². The van der Waals surface area contributed by atoms with Crippen LogP contribution in [0.5, 0.6) is 0 Å². The first-order chi connectivity index (χ1) is 6.06. The number of esters is 1. The number of rotatable bonds is 1. The summed E-state index contributed by atoms with van der Waals surface area (Å²) in [6.45, 7) is 1.85. The standard InChI is InChI=1S/C9H11NO2S/c1-5-7(10)3-6(4-8(5)13)9(11)12-2/h3-4,13H,10H2,1-2H3. The Hall–Kier alpha value is -1.16. The lowest BCUT2D eigenvalue weighted by atomic mass is 10.1. The van der Waals surface area contributed by atoms with Crippen LogP contribution in [0, 0.1) is 6.92 Å². The van der Waals surface area contributed by atoms with Crippen molar-refractivity contribution in [1.29, 1.82) is 0 Å². The van der Waals surface area contributed by atoms with Crippen LogP contribution < -0.4 is 5.73 Å². The topological polar surface area (TPSA) is 52.3 Å². The molecule has 0 heterocycles. The third-order valence-corrected chi connectivity index (χ3v) is 2.31. The van der Waals surface area contributed by atoms with E-state index in [1.54, 1.807) is 12.1 Å². The second-order valence-corrected chi connectivity index (χ2v) is 3.18. The lowest BCUT2D eigenvalue weighted by molar-refractivity contribution is 0.0600. The number of nitrogen functional groups attached to an aromatic ring is 1. The number of anilines is 1. The second kappa shape index (κ2) is 3.70. The summed E-state index contributed by atoms with van der Waals surface area (Å²) in [4.78, 5) is 11.8. The maximum Gasteiger partial charge on any atom is 0.337 e. The molecule has 70 valence electrons. The molecule has 3 nitrogen and oxygen atoms in total. The zero-order valence-electron chi connectivity index (χ0n) is 7.50. The van der Waals surface area contributed by atoms with E-state index in [1.165, 1.54) is 7.11 Å². The van der Waals surface area contributed by atoms with Crippen LogP contribution in [0.25, 0.3) is 0 Å². The van der Waals surface area contributed by atoms with Crippen molar-refractivity contribution in [3.05, 3.63) is 23.3 Å². The highest BCUT2D eigenvalue weighted by atomic mass is 32.1. The molecule has 0 amide bonds. The Balaban J connectivity index is 3.20. The normalized spacial score (nSPS) is 9.77. The summed E-state index contributed by atoms with van der Waals surface area (Å²) < 4.78 is 4.56. The van der Waals surface area contributed by atoms with E-state index in [1.807, 2.05) is 6.92 Å². The quantitative estimate of drug-likeness (QED) is 0.409. The fraction of sp³-hybridized carbons (Fsp3) is 0.222. The molecule has 13 heavy (non-hydrogen) atoms. The van der Waals surface area contributed by atoms with Crippen molar-refractivity contribution in [2.75, 3.05) is 12.8 Å². The number of thiol groups is 1. The third kappa shape index (κ3) is 1.95. The summed E-state index contributed by atoms with van der Waals surface area (Å²) in [5.41, 5.74) is 7.50. The van der Waals surface area contributed by atoms with E-state index in [-0.39, 0.29) is 0 Å². The molecule has 0 aliphatic heterocycles. The zero-order valence-corrected chi connectivity index (χ0v) is 8.39. The van der Waals surface area contributed by atoms with Crippen LogP contribution >= 0.6 is 12.6 Å². The zero-order chi connectivity index (χ0) is 10.0. The molecule has 0 saturated carbocycles. The van der Waals surface area contributed by atoms with Crippen molar-refractivity contribution in [3.8, 4) is 0 Å². The first-order valence-corrected chi connectivity index (χ1v) is 4.18. The molecular weight excluding hydrogens is 186 g/mol. The highest BCUT2D eigenvalue weighted by molar-refractivity contribution is 7.80. The Morgan fingerprint density at radius 3 is 2.62 bits per heavy atom. The van der Waals surface area contributed by atoms with Gasteiger partial charge in [-0.25, -0.2) is 4.79 Å². The molecule has 0 unspecified atom stereocenters. The van der Waals surface area contributed by atoms with Crippen LogP contribution in [0.1, 0.15) is 15.9 Å². The van der Waals surface area contributed by atoms with Crippen LogP contribution in [0.3, 0.4) is 0 Å². The van der Waals surface area contributed by atoms with Gasteiger partial charge in [-0.1, -0.05) is 0 Å². The summed E-state index contributed by atoms with van der Waals surface area (Å²) in [6, 6.07) is 3.22. The molecule has 0 bridgehead atoms. The molecule has 1 rings (SSSR count). The van der Waals surface area contributed by atoms with E-state index < -0.39 is 5.97 Å². The molecule has 4 heteroatoms. The van der Waals surface area contributed by atoms with E-state index in [9.17, 15) is 4.79 Å². The number of carbonyl (C=O) groups excluding carboxylic acids is 1. The number of ether oxygens (including phenoxy) is 1. The van der Waals surface area contributed by atoms with Crippen LogP contribution in [0.15, 0.2) is 17.0 Å². The summed E-state index contributed by atoms with van der Waals surface area (Å²) >= 11 is 4.18. The predicted octanol–water partition coefficient (Wildman–Crippen LogP) is 1.65. The Kier molecular flexibility index (Phi) is 2.83. The fourth-order valence-corrected chi connectivity index (χ4v) is 1.22. The number of hydrogen-bond acceptors (Lipinski definition) is 4. The van der Waals surface area contributed by atoms with E-state index in [2.05, 4.69) is 17.4 Å². The SMILES string of the molecule is COC(=O)c1cc(N)c(C)c(S)c1. The Labute approximate surface area is 82.3 Å². The maximum absolute atomic E-state index is 11.1. The predicted molar refractivity (Wildman–Crippen MR) is 54.2 cm³/mol. The minimum absolute atomic E-state index is 0.401. The van der Waals surface area contributed by atoms with E-state index in [0.29, 0.717) is 16.1 Å². The van der Waals surface area contributed by atoms with Gasteiger partial charge >= 0.3 is 5.97 Å². The van der Waals surface area contributed by atoms with Gasteiger partial charge in [0.1, 0.15) is 0 Å². The highest BCUT2D eigenvalue weighted by Crippen LogP contribution is 2.22. The molecule has 0 atom stereocenters. The molecule has 0 spiro atoms. The van der Waals surface area contributed by atoms with Gasteiger partial charge in [0, 0.05) is 10.6 Å². The number of benzene rings is 1. The van der Waals surface area contributed by atoms with Crippen molar-refractivity contribution >= 4 is 24.3 Å². The third-order valence-electron chi connectivity index (χ3n) is 1.84. The monoisotopic (exact) mass is 197 g/mol. The first-order valence-electron chi connectivity index (χ1n) is 3.73. The van der Waals surface area contributed by atoms with Gasteiger partial charge in [0.05, 0.1) is 12.7 Å². The fourth-order valence-electron chi connectivity index (χ4n) is 0.957. The smallest absolute Gasteiger partial charge is 0.337 e. The minimum Gasteiger partial charge on any atom is -0.465 e. The van der Waals surface area contributed by atoms with Gasteiger partial charge in [-0.15, -0.1) is 12.6 Å². The first kappa shape index (κ1) is 9.92. The Morgan fingerprint density at radius 1 is 1.54 bits per heavy atom. The van der Waals surface area contributed by atoms with Gasteiger partial charge < -0.3 is 10.5 Å². The highest BCUT2D eigenvalue weighted by Gasteiger charge is 2.08. The number of carbonyl (C=O) groups is 1. The molecule has 0 aliphatic rings. The molecule has 2 N–H and O–H groups in total. The van der Waals surface area contributed by atoms with Gasteiger partial charge in [-0.05, 0) is 24.6 Å². The maximum atomic E-state index is 11.1. The van der Waals surface area contributed by atoms with Crippen LogP contribution in [-0.4, -0.2) is 13.1 Å². The summed E-state index contributed by atoms with van der Waals surface area (Å²) in [5, 5.41) is 0. The summed E-state index contributed by atoms with van der Waals surface area (Å²) in [6.07, 6.45) is 0. The molecular formula is C9H11NO2S. The van der Waals surface area contributed by atoms with Gasteiger partial charge in [0.25, 0.3) is 0 Å². The van der Waals surface area contributed by atoms with E-state index >= 15 is 0 Å². The molecule has 0 saturated heterocycles. The molecule has 1 aromatic rings. The van der Waals surface area contributed by atoms with Crippen LogP contribution in [0.4, 0.5) is 5.69 Å². The van der Waals surface area contributed by atoms with Gasteiger partial charge in [-0.2, -0.15) is 0 Å². The summed E-state index contributed by atoms with van der Waals surface area (Å²) in [5.74, 6) is -0.401. The van der Waals surface area contributed by atoms with E-state index in [4.69, 9.17) is 5.73 Å². The average Bonchev–Trinajstić information content (AvgIpc) is 2.12. The van der Waals surface area contributed by atoms with Crippen LogP contribution in [0.2, 0.25) is 0 Å². The lowest BCUT2D eigenvalue weighted by Crippen LogP contribution is -2.03. The van der Waals surface area contributed by atoms with Crippen molar-refractivity contribution in [2.45, 2.75) is 11.8 Å². The van der Waals surface area contributed by atoms with Crippen LogP contribution in [-0.2, 0) is 4.74 Å². The number of hydrogen-bond donors (Lipinski definition) is 2. The number of nitrogens with two attached hydrogens (primary N) is 1. The Bertz CT molecular complexity index is 326. The molecule has 0 aliphatic carbocycles. The molecule has 0 fully saturated rings. The van der Waals surface area contributed by atoms with Gasteiger partial charge in [-0.3, -0.25) is 0 Å². The van der Waals surface area contributed by atoms with Crippen molar-refractivity contribution in [1.82, 2.24) is 0 Å². The minimum atomic E-state index is -0.401. The second-order valence-electron chi connectivity index (χ2n) is 2.70. The van der Waals surface area contributed by atoms with Gasteiger partial charge in [0.2, 0.25) is 0 Å². The Morgan fingerprint density at radius 2 is 2.15 bits per heavy atom. The van der Waals surface area contributed by atoms with Crippen molar-refractivity contribution < 1.29 is 9.53 Å². The molecule has 0 aromatic heterocycles. The molecule has 1 aromatic carbocycles. The van der Waals surface area contributed by atoms with E-state index in [0.717, 1.165) is 5.56 Å². The molecule has 0 radical (unpaired) electrons. The largest absolute Gasteiger partial charge is 0.465 e. The number of methoxy groups -OCH3 is 1.